The second kappa shape index (κ2) is 4.41. The molecule has 1 aromatic rings. The number of rotatable bonds is 3. The SMILES string of the molecule is CCNc1nc(C2CCCOC2)no1. The molecule has 0 aromatic carbocycles. The quantitative estimate of drug-likeness (QED) is 0.793. The van der Waals surface area contributed by atoms with Crippen LogP contribution in [-0.4, -0.2) is 29.9 Å². The van der Waals surface area contributed by atoms with Crippen LogP contribution in [-0.2, 0) is 4.74 Å². The fourth-order valence-corrected chi connectivity index (χ4v) is 1.57. The first kappa shape index (κ1) is 9.45. The number of nitrogens with one attached hydrogen (secondary N) is 1. The molecule has 2 rings (SSSR count). The Morgan fingerprint density at radius 3 is 3.21 bits per heavy atom. The number of hydrogen-bond acceptors (Lipinski definition) is 5. The Morgan fingerprint density at radius 2 is 2.50 bits per heavy atom. The molecule has 0 aliphatic carbocycles. The monoisotopic (exact) mass is 197 g/mol. The summed E-state index contributed by atoms with van der Waals surface area (Å²) < 4.78 is 10.4. The van der Waals surface area contributed by atoms with Crippen molar-refractivity contribution in [2.24, 2.45) is 0 Å². The lowest BCUT2D eigenvalue weighted by molar-refractivity contribution is 0.0773. The maximum absolute atomic E-state index is 5.36. The Labute approximate surface area is 82.8 Å². The van der Waals surface area contributed by atoms with E-state index in [1.807, 2.05) is 6.92 Å². The third kappa shape index (κ3) is 2.04. The summed E-state index contributed by atoms with van der Waals surface area (Å²) in [6.45, 7) is 4.36. The molecule has 0 bridgehead atoms. The standard InChI is InChI=1S/C9H15N3O2/c1-2-10-9-11-8(12-14-9)7-4-3-5-13-6-7/h7H,2-6H2,1H3,(H,10,11,12). The van der Waals surface area contributed by atoms with Gasteiger partial charge >= 0.3 is 6.01 Å². The minimum Gasteiger partial charge on any atom is -0.381 e. The molecule has 5 heteroatoms. The van der Waals surface area contributed by atoms with Crippen molar-refractivity contribution in [3.05, 3.63) is 5.82 Å². The minimum atomic E-state index is 0.305. The third-order valence-corrected chi connectivity index (χ3v) is 2.30. The molecule has 14 heavy (non-hydrogen) atoms. The lowest BCUT2D eigenvalue weighted by atomic mass is 10.0. The molecule has 0 spiro atoms. The smallest absolute Gasteiger partial charge is 0.321 e. The highest BCUT2D eigenvalue weighted by Crippen LogP contribution is 2.23. The lowest BCUT2D eigenvalue weighted by Crippen LogP contribution is -2.16. The molecule has 1 N–H and O–H groups in total. The molecule has 1 saturated heterocycles. The third-order valence-electron chi connectivity index (χ3n) is 2.30. The minimum absolute atomic E-state index is 0.305. The fraction of sp³-hybridized carbons (Fsp3) is 0.778. The van der Waals surface area contributed by atoms with E-state index in [1.54, 1.807) is 0 Å². The van der Waals surface area contributed by atoms with E-state index in [1.165, 1.54) is 0 Å². The van der Waals surface area contributed by atoms with Crippen molar-refractivity contribution in [3.63, 3.8) is 0 Å². The van der Waals surface area contributed by atoms with E-state index in [0.29, 0.717) is 18.5 Å². The van der Waals surface area contributed by atoms with E-state index >= 15 is 0 Å². The normalized spacial score (nSPS) is 22.2. The second-order valence-corrected chi connectivity index (χ2v) is 3.40. The van der Waals surface area contributed by atoms with E-state index in [-0.39, 0.29) is 0 Å². The van der Waals surface area contributed by atoms with Gasteiger partial charge in [0.25, 0.3) is 0 Å². The molecule has 1 fully saturated rings. The average molecular weight is 197 g/mol. The Balaban J connectivity index is 2.00. The Kier molecular flexibility index (Phi) is 2.98. The van der Waals surface area contributed by atoms with Gasteiger partial charge in [0.2, 0.25) is 0 Å². The summed E-state index contributed by atoms with van der Waals surface area (Å²) in [7, 11) is 0. The van der Waals surface area contributed by atoms with Crippen LogP contribution in [0.5, 0.6) is 0 Å². The second-order valence-electron chi connectivity index (χ2n) is 3.40. The predicted molar refractivity (Wildman–Crippen MR) is 51.3 cm³/mol. The molecule has 0 saturated carbocycles. The number of aromatic nitrogens is 2. The average Bonchev–Trinajstić information content (AvgIpc) is 2.68. The van der Waals surface area contributed by atoms with Crippen LogP contribution >= 0.6 is 0 Å². The Hall–Kier alpha value is -1.10. The molecule has 1 atom stereocenters. The summed E-state index contributed by atoms with van der Waals surface area (Å²) in [5.41, 5.74) is 0. The van der Waals surface area contributed by atoms with Crippen molar-refractivity contribution >= 4 is 6.01 Å². The first-order valence-electron chi connectivity index (χ1n) is 5.05. The maximum Gasteiger partial charge on any atom is 0.321 e. The van der Waals surface area contributed by atoms with Crippen LogP contribution in [0, 0.1) is 0 Å². The van der Waals surface area contributed by atoms with Gasteiger partial charge in [0.15, 0.2) is 5.82 Å². The van der Waals surface area contributed by atoms with Gasteiger partial charge in [0.1, 0.15) is 0 Å². The zero-order valence-corrected chi connectivity index (χ0v) is 8.32. The van der Waals surface area contributed by atoms with Crippen molar-refractivity contribution in [1.29, 1.82) is 0 Å². The molecule has 5 nitrogen and oxygen atoms in total. The maximum atomic E-state index is 5.36. The summed E-state index contributed by atoms with van der Waals surface area (Å²) in [5.74, 6) is 1.07. The van der Waals surface area contributed by atoms with Gasteiger partial charge in [-0.15, -0.1) is 0 Å². The molecular weight excluding hydrogens is 182 g/mol. The number of ether oxygens (including phenoxy) is 1. The van der Waals surface area contributed by atoms with Gasteiger partial charge in [0, 0.05) is 19.1 Å². The van der Waals surface area contributed by atoms with Crippen molar-refractivity contribution in [2.45, 2.75) is 25.7 Å². The molecule has 0 amide bonds. The summed E-state index contributed by atoms with van der Waals surface area (Å²) >= 11 is 0. The summed E-state index contributed by atoms with van der Waals surface area (Å²) in [6, 6.07) is 0.507. The van der Waals surface area contributed by atoms with Crippen molar-refractivity contribution in [1.82, 2.24) is 10.1 Å². The van der Waals surface area contributed by atoms with Gasteiger partial charge in [-0.1, -0.05) is 5.16 Å². The van der Waals surface area contributed by atoms with Gasteiger partial charge in [-0.25, -0.2) is 0 Å². The molecule has 1 aromatic heterocycles. The van der Waals surface area contributed by atoms with Crippen molar-refractivity contribution < 1.29 is 9.26 Å². The van der Waals surface area contributed by atoms with Gasteiger partial charge in [-0.2, -0.15) is 4.98 Å². The zero-order valence-electron chi connectivity index (χ0n) is 8.32. The fourth-order valence-electron chi connectivity index (χ4n) is 1.57. The largest absolute Gasteiger partial charge is 0.381 e. The van der Waals surface area contributed by atoms with E-state index < -0.39 is 0 Å². The molecule has 1 aliphatic rings. The molecule has 1 aliphatic heterocycles. The van der Waals surface area contributed by atoms with E-state index in [0.717, 1.165) is 31.8 Å². The highest BCUT2D eigenvalue weighted by Gasteiger charge is 2.21. The van der Waals surface area contributed by atoms with E-state index in [9.17, 15) is 0 Å². The van der Waals surface area contributed by atoms with Crippen LogP contribution in [0.1, 0.15) is 31.5 Å². The van der Waals surface area contributed by atoms with E-state index in [2.05, 4.69) is 15.5 Å². The van der Waals surface area contributed by atoms with Gasteiger partial charge in [-0.3, -0.25) is 0 Å². The van der Waals surface area contributed by atoms with Crippen molar-refractivity contribution in [2.75, 3.05) is 25.1 Å². The van der Waals surface area contributed by atoms with Gasteiger partial charge < -0.3 is 14.6 Å². The lowest BCUT2D eigenvalue weighted by Gasteiger charge is -2.18. The first-order valence-corrected chi connectivity index (χ1v) is 5.05. The Morgan fingerprint density at radius 1 is 1.57 bits per heavy atom. The van der Waals surface area contributed by atoms with Gasteiger partial charge in [0.05, 0.1) is 6.61 Å². The summed E-state index contributed by atoms with van der Waals surface area (Å²) in [4.78, 5) is 4.25. The summed E-state index contributed by atoms with van der Waals surface area (Å²) in [5, 5.41) is 6.92. The van der Waals surface area contributed by atoms with E-state index in [4.69, 9.17) is 9.26 Å². The van der Waals surface area contributed by atoms with Crippen LogP contribution < -0.4 is 5.32 Å². The molecule has 78 valence electrons. The summed E-state index contributed by atoms with van der Waals surface area (Å²) in [6.07, 6.45) is 2.17. The predicted octanol–water partition coefficient (Wildman–Crippen LogP) is 1.40. The number of nitrogens with zero attached hydrogens (tertiary/aromatic N) is 2. The van der Waals surface area contributed by atoms with Crippen molar-refractivity contribution in [3.8, 4) is 0 Å². The highest BCUT2D eigenvalue weighted by atomic mass is 16.5. The van der Waals surface area contributed by atoms with Crippen LogP contribution in [0.2, 0.25) is 0 Å². The van der Waals surface area contributed by atoms with Crippen LogP contribution in [0.15, 0.2) is 4.52 Å². The molecule has 0 radical (unpaired) electrons. The molecule has 2 heterocycles. The number of hydrogen-bond donors (Lipinski definition) is 1. The molecular formula is C9H15N3O2. The topological polar surface area (TPSA) is 60.2 Å². The van der Waals surface area contributed by atoms with Crippen LogP contribution in [0.25, 0.3) is 0 Å². The first-order chi connectivity index (χ1) is 6.90. The van der Waals surface area contributed by atoms with Crippen LogP contribution in [0.4, 0.5) is 6.01 Å². The number of anilines is 1. The zero-order chi connectivity index (χ0) is 9.80. The molecule has 1 unspecified atom stereocenters. The van der Waals surface area contributed by atoms with Gasteiger partial charge in [-0.05, 0) is 19.8 Å². The Bertz CT molecular complexity index is 281. The van der Waals surface area contributed by atoms with Crippen LogP contribution in [0.3, 0.4) is 0 Å². The highest BCUT2D eigenvalue weighted by molar-refractivity contribution is 5.18.